The van der Waals surface area contributed by atoms with Crippen LogP contribution in [0.2, 0.25) is 0 Å². The molecule has 2 heterocycles. The van der Waals surface area contributed by atoms with Crippen LogP contribution in [0, 0.1) is 0 Å². The van der Waals surface area contributed by atoms with Gasteiger partial charge in [-0.3, -0.25) is 0 Å². The quantitative estimate of drug-likeness (QED) is 0.176. The zero-order valence-corrected chi connectivity index (χ0v) is 32.8. The van der Waals surface area contributed by atoms with Crippen LogP contribution in [0.4, 0.5) is 0 Å². The van der Waals surface area contributed by atoms with Gasteiger partial charge in [0.15, 0.2) is 0 Å². The van der Waals surface area contributed by atoms with Gasteiger partial charge in [0.05, 0.1) is 0 Å². The van der Waals surface area contributed by atoms with E-state index in [1.54, 1.807) is 0 Å². The van der Waals surface area contributed by atoms with Crippen molar-refractivity contribution in [2.24, 2.45) is 0 Å². The first-order chi connectivity index (χ1) is 28.3. The molecule has 0 N–H and O–H groups in total. The van der Waals surface area contributed by atoms with Crippen LogP contribution in [0.3, 0.4) is 0 Å². The molecule has 2 aliphatic rings. The van der Waals surface area contributed by atoms with Crippen molar-refractivity contribution in [3.63, 3.8) is 0 Å². The summed E-state index contributed by atoms with van der Waals surface area (Å²) in [6, 6.07) is 58.0. The standard InChI is InChI=1S/C56H38O2/c1-55(2)43-29-42-44(30-41(43)51-45(55)27-39(35-23-21-31-13-5-7-15-33(31)25-35)49-37-17-9-11-19-47(37)57-53(49)51)56(3,4)46-28-40(36-24-22-32-14-6-8-16-34(32)26-36)50-38-18-10-12-20-48(38)58-54(50)52(42)46/h5-30H,1-4H3. The lowest BCUT2D eigenvalue weighted by molar-refractivity contribution is 0.648. The van der Waals surface area contributed by atoms with Crippen molar-refractivity contribution in [2.45, 2.75) is 38.5 Å². The summed E-state index contributed by atoms with van der Waals surface area (Å²) in [7, 11) is 0. The third-order valence-corrected chi connectivity index (χ3v) is 13.8. The number of para-hydroxylation sites is 2. The summed E-state index contributed by atoms with van der Waals surface area (Å²) in [4.78, 5) is 0. The average Bonchev–Trinajstić information content (AvgIpc) is 3.95. The lowest BCUT2D eigenvalue weighted by Gasteiger charge is -2.24. The molecule has 13 rings (SSSR count). The van der Waals surface area contributed by atoms with Gasteiger partial charge in [0, 0.05) is 43.5 Å². The van der Waals surface area contributed by atoms with Gasteiger partial charge in [0.2, 0.25) is 0 Å². The van der Waals surface area contributed by atoms with Crippen molar-refractivity contribution < 1.29 is 8.83 Å². The highest BCUT2D eigenvalue weighted by Crippen LogP contribution is 2.61. The second-order valence-electron chi connectivity index (χ2n) is 17.6. The van der Waals surface area contributed by atoms with Crippen molar-refractivity contribution in [3.8, 4) is 44.5 Å². The van der Waals surface area contributed by atoms with Crippen molar-refractivity contribution in [1.29, 1.82) is 0 Å². The van der Waals surface area contributed by atoms with Gasteiger partial charge in [-0.05, 0) is 126 Å². The largest absolute Gasteiger partial charge is 0.455 e. The Morgan fingerprint density at radius 3 is 1.17 bits per heavy atom. The van der Waals surface area contributed by atoms with Crippen molar-refractivity contribution in [2.75, 3.05) is 0 Å². The zero-order chi connectivity index (χ0) is 38.7. The fourth-order valence-corrected chi connectivity index (χ4v) is 10.8. The smallest absolute Gasteiger partial charge is 0.144 e. The van der Waals surface area contributed by atoms with Crippen LogP contribution in [0.25, 0.3) is 110 Å². The molecule has 2 aromatic heterocycles. The SMILES string of the molecule is CC1(C)c2cc3c(cc2-c2c1cc(-c1ccc4ccccc4c1)c1c2oc2ccccc21)C(C)(C)c1cc(-c2ccc4ccccc4c2)c2c(oc4ccccc42)c1-3. The molecule has 0 fully saturated rings. The van der Waals surface area contributed by atoms with Crippen LogP contribution in [0.5, 0.6) is 0 Å². The first-order valence-corrected chi connectivity index (χ1v) is 20.4. The van der Waals surface area contributed by atoms with Gasteiger partial charge in [-0.15, -0.1) is 0 Å². The highest BCUT2D eigenvalue weighted by molar-refractivity contribution is 6.20. The Morgan fingerprint density at radius 2 is 0.724 bits per heavy atom. The fraction of sp³-hybridized carbons (Fsp3) is 0.107. The van der Waals surface area contributed by atoms with Crippen LogP contribution < -0.4 is 0 Å². The van der Waals surface area contributed by atoms with Gasteiger partial charge < -0.3 is 8.83 Å². The van der Waals surface area contributed by atoms with Gasteiger partial charge in [-0.25, -0.2) is 0 Å². The molecule has 58 heavy (non-hydrogen) atoms. The van der Waals surface area contributed by atoms with Crippen molar-refractivity contribution in [1.82, 2.24) is 0 Å². The number of hydrogen-bond acceptors (Lipinski definition) is 2. The predicted molar refractivity (Wildman–Crippen MR) is 242 cm³/mol. The summed E-state index contributed by atoms with van der Waals surface area (Å²) in [6.45, 7) is 9.57. The third kappa shape index (κ3) is 4.07. The van der Waals surface area contributed by atoms with E-state index in [1.165, 1.54) is 99.1 Å². The number of hydrogen-bond donors (Lipinski definition) is 0. The molecule has 2 nitrogen and oxygen atoms in total. The van der Waals surface area contributed by atoms with Gasteiger partial charge in [0.25, 0.3) is 0 Å². The molecule has 0 unspecified atom stereocenters. The Bertz CT molecular complexity index is 3380. The Hall–Kier alpha value is -6.90. The molecule has 0 spiro atoms. The van der Waals surface area contributed by atoms with E-state index >= 15 is 0 Å². The molecular formula is C56H38O2. The molecule has 11 aromatic rings. The Labute approximate surface area is 336 Å². The summed E-state index contributed by atoms with van der Waals surface area (Å²) in [5, 5.41) is 9.63. The van der Waals surface area contributed by atoms with Gasteiger partial charge in [0.1, 0.15) is 22.3 Å². The maximum absolute atomic E-state index is 7.00. The van der Waals surface area contributed by atoms with Gasteiger partial charge in [-0.1, -0.05) is 137 Å². The summed E-state index contributed by atoms with van der Waals surface area (Å²) in [5.41, 5.74) is 18.3. The fourth-order valence-electron chi connectivity index (χ4n) is 10.8. The maximum atomic E-state index is 7.00. The van der Waals surface area contributed by atoms with Crippen molar-refractivity contribution >= 4 is 65.4 Å². The lowest BCUT2D eigenvalue weighted by atomic mass is 9.78. The number of fused-ring (bicyclic) bond motifs is 16. The summed E-state index contributed by atoms with van der Waals surface area (Å²) >= 11 is 0. The lowest BCUT2D eigenvalue weighted by Crippen LogP contribution is -2.17. The molecule has 274 valence electrons. The van der Waals surface area contributed by atoms with Crippen molar-refractivity contribution in [3.05, 3.63) is 180 Å². The molecular weight excluding hydrogens is 705 g/mol. The molecule has 2 heteroatoms. The van der Waals surface area contributed by atoms with Gasteiger partial charge >= 0.3 is 0 Å². The number of rotatable bonds is 2. The minimum atomic E-state index is -0.288. The molecule has 0 radical (unpaired) electrons. The highest BCUT2D eigenvalue weighted by atomic mass is 16.3. The normalized spacial score (nSPS) is 14.8. The minimum Gasteiger partial charge on any atom is -0.455 e. The van der Waals surface area contributed by atoms with Gasteiger partial charge in [-0.2, -0.15) is 0 Å². The average molecular weight is 743 g/mol. The first-order valence-electron chi connectivity index (χ1n) is 20.4. The minimum absolute atomic E-state index is 0.288. The predicted octanol–water partition coefficient (Wildman–Crippen LogP) is 15.7. The third-order valence-electron chi connectivity index (χ3n) is 13.8. The Morgan fingerprint density at radius 1 is 0.345 bits per heavy atom. The van der Waals surface area contributed by atoms with E-state index in [2.05, 4.69) is 185 Å². The number of benzene rings is 9. The van der Waals surface area contributed by atoms with E-state index in [0.717, 1.165) is 33.1 Å². The maximum Gasteiger partial charge on any atom is 0.144 e. The molecule has 0 saturated carbocycles. The second kappa shape index (κ2) is 10.9. The molecule has 0 amide bonds. The van der Waals surface area contributed by atoms with Crippen LogP contribution >= 0.6 is 0 Å². The Kier molecular flexibility index (Phi) is 6.07. The van der Waals surface area contributed by atoms with Crippen LogP contribution in [0.15, 0.2) is 167 Å². The molecule has 0 saturated heterocycles. The molecule has 0 bridgehead atoms. The van der Waals surface area contributed by atoms with Crippen LogP contribution in [-0.2, 0) is 10.8 Å². The summed E-state index contributed by atoms with van der Waals surface area (Å²) in [6.07, 6.45) is 0. The molecule has 0 aliphatic heterocycles. The topological polar surface area (TPSA) is 26.3 Å². The van der Waals surface area contributed by atoms with E-state index in [9.17, 15) is 0 Å². The first kappa shape index (κ1) is 32.2. The van der Waals surface area contributed by atoms with Crippen LogP contribution in [-0.4, -0.2) is 0 Å². The Balaban J connectivity index is 1.09. The number of furan rings is 2. The van der Waals surface area contributed by atoms with Crippen LogP contribution in [0.1, 0.15) is 49.9 Å². The van der Waals surface area contributed by atoms with E-state index in [4.69, 9.17) is 8.83 Å². The van der Waals surface area contributed by atoms with E-state index in [1.807, 2.05) is 0 Å². The highest BCUT2D eigenvalue weighted by Gasteiger charge is 2.45. The van der Waals surface area contributed by atoms with E-state index in [-0.39, 0.29) is 10.8 Å². The van der Waals surface area contributed by atoms with E-state index < -0.39 is 0 Å². The second-order valence-corrected chi connectivity index (χ2v) is 17.6. The van der Waals surface area contributed by atoms with E-state index in [0.29, 0.717) is 0 Å². The monoisotopic (exact) mass is 742 g/mol. The molecule has 2 aliphatic carbocycles. The summed E-state index contributed by atoms with van der Waals surface area (Å²) < 4.78 is 14.0. The zero-order valence-electron chi connectivity index (χ0n) is 32.8. The molecule has 9 aromatic carbocycles. The molecule has 0 atom stereocenters. The summed E-state index contributed by atoms with van der Waals surface area (Å²) in [5.74, 6) is 0.